The molecule has 1 aromatic heterocycles. The first kappa shape index (κ1) is 22.6. The van der Waals surface area contributed by atoms with E-state index < -0.39 is 17.2 Å². The molecule has 0 fully saturated rings. The predicted octanol–water partition coefficient (Wildman–Crippen LogP) is 3.55. The van der Waals surface area contributed by atoms with Crippen molar-refractivity contribution in [2.75, 3.05) is 0 Å². The zero-order chi connectivity index (χ0) is 22.2. The van der Waals surface area contributed by atoms with E-state index in [9.17, 15) is 9.59 Å². The van der Waals surface area contributed by atoms with Crippen molar-refractivity contribution in [2.24, 2.45) is 7.05 Å². The van der Waals surface area contributed by atoms with Crippen molar-refractivity contribution in [3.8, 4) is 5.75 Å². The van der Waals surface area contributed by atoms with Crippen molar-refractivity contribution >= 4 is 35.3 Å². The van der Waals surface area contributed by atoms with Gasteiger partial charge in [0, 0.05) is 13.6 Å². The maximum absolute atomic E-state index is 12.3. The number of imide groups is 1. The normalized spacial score (nSPS) is 11.6. The van der Waals surface area contributed by atoms with Gasteiger partial charge in [-0.25, -0.2) is 4.79 Å². The third kappa shape index (κ3) is 6.47. The van der Waals surface area contributed by atoms with Crippen LogP contribution in [0.25, 0.3) is 0 Å². The number of benzene rings is 2. The summed E-state index contributed by atoms with van der Waals surface area (Å²) in [6, 6.07) is 16.1. The molecule has 1 heterocycles. The van der Waals surface area contributed by atoms with Crippen LogP contribution in [-0.2, 0) is 25.0 Å². The van der Waals surface area contributed by atoms with E-state index in [4.69, 9.17) is 16.3 Å². The van der Waals surface area contributed by atoms with E-state index in [0.717, 1.165) is 5.56 Å². The minimum atomic E-state index is -0.553. The smallest absolute Gasteiger partial charge is 0.321 e. The van der Waals surface area contributed by atoms with Gasteiger partial charge in [0.1, 0.15) is 12.4 Å². The van der Waals surface area contributed by atoms with Gasteiger partial charge in [0.05, 0.1) is 10.3 Å². The lowest BCUT2D eigenvalue weighted by Crippen LogP contribution is -2.42. The molecule has 0 unspecified atom stereocenters. The number of carbonyl (C=O) groups is 2. The zero-order valence-electron chi connectivity index (χ0n) is 17.0. The summed E-state index contributed by atoms with van der Waals surface area (Å²) in [5.74, 6) is 0.707. The summed E-state index contributed by atoms with van der Waals surface area (Å²) in [6.45, 7) is 2.20. The van der Waals surface area contributed by atoms with Crippen LogP contribution in [0.15, 0.2) is 59.8 Å². The number of hydrogen-bond acceptors (Lipinski definition) is 6. The molecule has 0 aliphatic rings. The van der Waals surface area contributed by atoms with Crippen LogP contribution in [0.1, 0.15) is 18.3 Å². The SMILES string of the molecule is C[C@H](Sc1nnc(COc2ccccc2Cl)n1C)C(=O)NC(=O)NCc1ccccc1. The summed E-state index contributed by atoms with van der Waals surface area (Å²) < 4.78 is 7.43. The van der Waals surface area contributed by atoms with Gasteiger partial charge in [-0.05, 0) is 24.6 Å². The number of hydrogen-bond donors (Lipinski definition) is 2. The standard InChI is InChI=1S/C21H22ClN5O3S/c1-14(19(28)24-20(29)23-12-15-8-4-3-5-9-15)31-21-26-25-18(27(21)2)13-30-17-11-7-6-10-16(17)22/h3-11,14H,12-13H2,1-2H3,(H2,23,24,28,29)/t14-/m0/s1. The van der Waals surface area contributed by atoms with Crippen LogP contribution in [0.2, 0.25) is 5.02 Å². The molecule has 31 heavy (non-hydrogen) atoms. The molecule has 0 saturated heterocycles. The highest BCUT2D eigenvalue weighted by molar-refractivity contribution is 8.00. The van der Waals surface area contributed by atoms with E-state index in [2.05, 4.69) is 20.8 Å². The number of amides is 3. The minimum Gasteiger partial charge on any atom is -0.484 e. The van der Waals surface area contributed by atoms with Crippen molar-refractivity contribution in [3.63, 3.8) is 0 Å². The Balaban J connectivity index is 1.49. The predicted molar refractivity (Wildman–Crippen MR) is 119 cm³/mol. The molecule has 3 amide bonds. The van der Waals surface area contributed by atoms with Crippen LogP contribution in [0.5, 0.6) is 5.75 Å². The van der Waals surface area contributed by atoms with E-state index in [1.165, 1.54) is 11.8 Å². The second-order valence-corrected chi connectivity index (χ2v) is 8.31. The number of para-hydroxylation sites is 1. The highest BCUT2D eigenvalue weighted by atomic mass is 35.5. The largest absolute Gasteiger partial charge is 0.484 e. The number of rotatable bonds is 8. The highest BCUT2D eigenvalue weighted by Crippen LogP contribution is 2.25. The number of thioether (sulfide) groups is 1. The Morgan fingerprint density at radius 3 is 2.58 bits per heavy atom. The molecular formula is C21H22ClN5O3S. The zero-order valence-corrected chi connectivity index (χ0v) is 18.6. The summed E-state index contributed by atoms with van der Waals surface area (Å²) >= 11 is 7.28. The average Bonchev–Trinajstić information content (AvgIpc) is 3.11. The number of nitrogens with zero attached hydrogens (tertiary/aromatic N) is 3. The number of carbonyl (C=O) groups excluding carboxylic acids is 2. The number of halogens is 1. The third-order valence-corrected chi connectivity index (χ3v) is 5.75. The molecule has 0 bridgehead atoms. The Hall–Kier alpha value is -3.04. The van der Waals surface area contributed by atoms with Crippen LogP contribution in [0, 0.1) is 0 Å². The first-order valence-electron chi connectivity index (χ1n) is 9.49. The maximum Gasteiger partial charge on any atom is 0.321 e. The van der Waals surface area contributed by atoms with E-state index in [1.807, 2.05) is 42.5 Å². The summed E-state index contributed by atoms with van der Waals surface area (Å²) in [6.07, 6.45) is 0. The minimum absolute atomic E-state index is 0.177. The fourth-order valence-corrected chi connectivity index (χ4v) is 3.55. The molecule has 0 radical (unpaired) electrons. The van der Waals surface area contributed by atoms with E-state index >= 15 is 0 Å². The van der Waals surface area contributed by atoms with Gasteiger partial charge in [0.25, 0.3) is 0 Å². The molecule has 8 nitrogen and oxygen atoms in total. The lowest BCUT2D eigenvalue weighted by Gasteiger charge is -2.12. The van der Waals surface area contributed by atoms with Gasteiger partial charge in [-0.15, -0.1) is 10.2 Å². The Labute approximate surface area is 189 Å². The monoisotopic (exact) mass is 459 g/mol. The summed E-state index contributed by atoms with van der Waals surface area (Å²) in [5, 5.41) is 13.7. The second kappa shape index (κ2) is 10.8. The Morgan fingerprint density at radius 1 is 1.13 bits per heavy atom. The first-order valence-corrected chi connectivity index (χ1v) is 10.7. The molecule has 162 valence electrons. The summed E-state index contributed by atoms with van der Waals surface area (Å²) in [5.41, 5.74) is 0.943. The maximum atomic E-state index is 12.3. The first-order chi connectivity index (χ1) is 14.9. The fourth-order valence-electron chi connectivity index (χ4n) is 2.53. The second-order valence-electron chi connectivity index (χ2n) is 6.59. The molecule has 1 atom stereocenters. The fraction of sp³-hybridized carbons (Fsp3) is 0.238. The molecule has 2 N–H and O–H groups in total. The van der Waals surface area contributed by atoms with Crippen LogP contribution in [-0.4, -0.2) is 32.0 Å². The van der Waals surface area contributed by atoms with Crippen LogP contribution in [0.4, 0.5) is 4.79 Å². The number of urea groups is 1. The van der Waals surface area contributed by atoms with E-state index in [-0.39, 0.29) is 6.61 Å². The number of aromatic nitrogens is 3. The van der Waals surface area contributed by atoms with Gasteiger partial charge < -0.3 is 14.6 Å². The molecule has 0 saturated carbocycles. The lowest BCUT2D eigenvalue weighted by molar-refractivity contribution is -0.119. The van der Waals surface area contributed by atoms with Crippen molar-refractivity contribution < 1.29 is 14.3 Å². The Kier molecular flexibility index (Phi) is 7.91. The van der Waals surface area contributed by atoms with E-state index in [1.54, 1.807) is 30.7 Å². The van der Waals surface area contributed by atoms with Gasteiger partial charge in [-0.3, -0.25) is 10.1 Å². The number of ether oxygens (including phenoxy) is 1. The van der Waals surface area contributed by atoms with Gasteiger partial charge in [-0.1, -0.05) is 65.8 Å². The highest BCUT2D eigenvalue weighted by Gasteiger charge is 2.20. The van der Waals surface area contributed by atoms with Gasteiger partial charge in [-0.2, -0.15) is 0 Å². The number of nitrogens with one attached hydrogen (secondary N) is 2. The van der Waals surface area contributed by atoms with Crippen LogP contribution >= 0.6 is 23.4 Å². The molecule has 0 aliphatic heterocycles. The average molecular weight is 460 g/mol. The van der Waals surface area contributed by atoms with Crippen LogP contribution in [0.3, 0.4) is 0 Å². The molecule has 3 rings (SSSR count). The van der Waals surface area contributed by atoms with Crippen molar-refractivity contribution in [1.29, 1.82) is 0 Å². The molecule has 0 spiro atoms. The molecular weight excluding hydrogens is 438 g/mol. The van der Waals surface area contributed by atoms with Crippen molar-refractivity contribution in [1.82, 2.24) is 25.4 Å². The van der Waals surface area contributed by atoms with Crippen molar-refractivity contribution in [3.05, 3.63) is 71.0 Å². The molecule has 10 heteroatoms. The molecule has 0 aliphatic carbocycles. The third-order valence-electron chi connectivity index (χ3n) is 4.30. The lowest BCUT2D eigenvalue weighted by atomic mass is 10.2. The van der Waals surface area contributed by atoms with Gasteiger partial charge in [0.15, 0.2) is 11.0 Å². The van der Waals surface area contributed by atoms with E-state index in [0.29, 0.717) is 28.3 Å². The van der Waals surface area contributed by atoms with Gasteiger partial charge in [0.2, 0.25) is 5.91 Å². The molecule has 2 aromatic carbocycles. The quantitative estimate of drug-likeness (QED) is 0.500. The Bertz CT molecular complexity index is 1040. The van der Waals surface area contributed by atoms with Crippen molar-refractivity contribution in [2.45, 2.75) is 30.5 Å². The Morgan fingerprint density at radius 2 is 1.84 bits per heavy atom. The topological polar surface area (TPSA) is 98.1 Å². The van der Waals surface area contributed by atoms with Crippen LogP contribution < -0.4 is 15.4 Å². The summed E-state index contributed by atoms with van der Waals surface area (Å²) in [4.78, 5) is 24.3. The summed E-state index contributed by atoms with van der Waals surface area (Å²) in [7, 11) is 1.78. The molecule has 3 aromatic rings. The van der Waals surface area contributed by atoms with Gasteiger partial charge >= 0.3 is 6.03 Å².